The summed E-state index contributed by atoms with van der Waals surface area (Å²) in [5, 5.41) is 24.0. The van der Waals surface area contributed by atoms with Crippen LogP contribution in [-0.2, 0) is 0 Å². The number of rotatable bonds is 4. The van der Waals surface area contributed by atoms with Gasteiger partial charge in [-0.1, -0.05) is 12.1 Å². The highest BCUT2D eigenvalue weighted by Crippen LogP contribution is 2.39. The summed E-state index contributed by atoms with van der Waals surface area (Å²) in [6.07, 6.45) is 3.47. The molecule has 113 valence electrons. The first-order valence-electron chi connectivity index (χ1n) is 6.87. The van der Waals surface area contributed by atoms with E-state index in [0.29, 0.717) is 11.7 Å². The number of nitrogens with one attached hydrogen (secondary N) is 2. The third kappa shape index (κ3) is 3.43. The molecule has 0 saturated heterocycles. The quantitative estimate of drug-likeness (QED) is 0.691. The number of hydrogen-bond acceptors (Lipinski definition) is 5. The van der Waals surface area contributed by atoms with Crippen LogP contribution in [0.1, 0.15) is 30.1 Å². The zero-order valence-electron chi connectivity index (χ0n) is 11.7. The molecular weight excluding hydrogens is 284 g/mol. The van der Waals surface area contributed by atoms with E-state index in [9.17, 15) is 9.90 Å². The molecule has 7 heteroatoms. The summed E-state index contributed by atoms with van der Waals surface area (Å²) >= 11 is 0. The van der Waals surface area contributed by atoms with Crippen molar-refractivity contribution in [2.75, 3.05) is 5.32 Å². The van der Waals surface area contributed by atoms with Crippen molar-refractivity contribution >= 4 is 11.7 Å². The maximum absolute atomic E-state index is 11.8. The van der Waals surface area contributed by atoms with Crippen LogP contribution in [-0.4, -0.2) is 26.2 Å². The summed E-state index contributed by atoms with van der Waals surface area (Å²) in [6, 6.07) is 5.82. The number of amides is 2. The monoisotopic (exact) mass is 299 g/mol. The number of nitrogens with zero attached hydrogens (tertiary/aromatic N) is 2. The Morgan fingerprint density at radius 2 is 1.95 bits per heavy atom. The second kappa shape index (κ2) is 5.88. The van der Waals surface area contributed by atoms with E-state index in [-0.39, 0.29) is 17.3 Å². The van der Waals surface area contributed by atoms with E-state index in [1.807, 2.05) is 0 Å². The first-order valence-corrected chi connectivity index (χ1v) is 6.87. The van der Waals surface area contributed by atoms with Gasteiger partial charge in [0.05, 0.1) is 12.7 Å². The summed E-state index contributed by atoms with van der Waals surface area (Å²) in [5.74, 6) is 0.854. The van der Waals surface area contributed by atoms with Crippen molar-refractivity contribution < 1.29 is 15.0 Å². The lowest BCUT2D eigenvalue weighted by atomic mass is 10.2. The predicted molar refractivity (Wildman–Crippen MR) is 79.3 cm³/mol. The number of anilines is 1. The Hall–Kier alpha value is -2.83. The van der Waals surface area contributed by atoms with Crippen LogP contribution in [0, 0.1) is 6.54 Å². The van der Waals surface area contributed by atoms with Crippen LogP contribution >= 0.6 is 0 Å². The molecule has 0 unspecified atom stereocenters. The number of phenolic OH excluding ortho intramolecular Hbond substituents is 1. The molecule has 22 heavy (non-hydrogen) atoms. The van der Waals surface area contributed by atoms with Crippen LogP contribution in [0.25, 0.3) is 0 Å². The first kappa shape index (κ1) is 14.1. The standard InChI is InChI=1S/C15H15N4O3/c20-11-5-1-9(2-6-11)7-17-15(22)18-12-8-16-13(10-3-4-10)19-14(12)21/h1-2,5-8,10,20H,3-4H2,(H,16,19,21)(H2,17,18,22). The van der Waals surface area contributed by atoms with E-state index in [4.69, 9.17) is 5.11 Å². The van der Waals surface area contributed by atoms with Gasteiger partial charge in [-0.3, -0.25) is 0 Å². The number of benzene rings is 1. The molecule has 0 aliphatic heterocycles. The minimum absolute atomic E-state index is 0.152. The van der Waals surface area contributed by atoms with Gasteiger partial charge in [-0.25, -0.2) is 9.78 Å². The zero-order chi connectivity index (χ0) is 15.5. The Balaban J connectivity index is 1.56. The highest BCUT2D eigenvalue weighted by molar-refractivity contribution is 5.90. The van der Waals surface area contributed by atoms with Gasteiger partial charge in [0.25, 0.3) is 0 Å². The number of hydrogen-bond donors (Lipinski definition) is 4. The molecule has 2 aromatic rings. The van der Waals surface area contributed by atoms with E-state index < -0.39 is 6.03 Å². The fraction of sp³-hybridized carbons (Fsp3) is 0.200. The minimum atomic E-state index is -0.522. The normalized spacial score (nSPS) is 13.6. The van der Waals surface area contributed by atoms with Gasteiger partial charge in [-0.15, -0.1) is 0 Å². The summed E-state index contributed by atoms with van der Waals surface area (Å²) in [5.41, 5.74) is 0.874. The largest absolute Gasteiger partial charge is 0.508 e. The lowest BCUT2D eigenvalue weighted by Crippen LogP contribution is -2.27. The van der Waals surface area contributed by atoms with Crippen LogP contribution in [0.4, 0.5) is 10.5 Å². The van der Waals surface area contributed by atoms with Gasteiger partial charge in [-0.05, 0) is 30.5 Å². The fourth-order valence-electron chi connectivity index (χ4n) is 1.89. The average molecular weight is 299 g/mol. The van der Waals surface area contributed by atoms with E-state index in [2.05, 4.69) is 20.6 Å². The molecule has 1 saturated carbocycles. The average Bonchev–Trinajstić information content (AvgIpc) is 3.33. The molecule has 1 aromatic heterocycles. The molecule has 3 rings (SSSR count). The van der Waals surface area contributed by atoms with Gasteiger partial charge in [0.2, 0.25) is 5.88 Å². The predicted octanol–water partition coefficient (Wildman–Crippen LogP) is 2.10. The van der Waals surface area contributed by atoms with Crippen molar-refractivity contribution in [2.45, 2.75) is 18.8 Å². The van der Waals surface area contributed by atoms with E-state index in [0.717, 1.165) is 18.4 Å². The van der Waals surface area contributed by atoms with Gasteiger partial charge in [-0.2, -0.15) is 4.98 Å². The molecule has 1 aliphatic rings. The molecule has 0 spiro atoms. The molecular formula is C15H15N4O3. The smallest absolute Gasteiger partial charge is 0.320 e. The van der Waals surface area contributed by atoms with E-state index >= 15 is 0 Å². The minimum Gasteiger partial charge on any atom is -0.508 e. The molecule has 0 atom stereocenters. The zero-order valence-corrected chi connectivity index (χ0v) is 11.7. The van der Waals surface area contributed by atoms with Gasteiger partial charge in [0, 0.05) is 5.92 Å². The lowest BCUT2D eigenvalue weighted by Gasteiger charge is -2.08. The third-order valence-corrected chi connectivity index (χ3v) is 3.24. The highest BCUT2D eigenvalue weighted by atomic mass is 16.3. The number of carbonyl (C=O) groups is 1. The number of aromatic hydroxyl groups is 2. The van der Waals surface area contributed by atoms with E-state index in [1.165, 1.54) is 24.9 Å². The van der Waals surface area contributed by atoms with Crippen LogP contribution in [0.5, 0.6) is 11.6 Å². The Labute approximate surface area is 127 Å². The Kier molecular flexibility index (Phi) is 3.78. The van der Waals surface area contributed by atoms with Crippen molar-refractivity contribution in [1.29, 1.82) is 0 Å². The fourth-order valence-corrected chi connectivity index (χ4v) is 1.89. The topological polar surface area (TPSA) is 107 Å². The molecule has 4 N–H and O–H groups in total. The Bertz CT molecular complexity index is 684. The van der Waals surface area contributed by atoms with E-state index in [1.54, 1.807) is 12.1 Å². The maximum atomic E-state index is 11.8. The molecule has 1 fully saturated rings. The number of aromatic nitrogens is 2. The van der Waals surface area contributed by atoms with Crippen LogP contribution in [0.2, 0.25) is 0 Å². The molecule has 1 aliphatic carbocycles. The first-order chi connectivity index (χ1) is 10.6. The van der Waals surface area contributed by atoms with Crippen molar-refractivity contribution in [1.82, 2.24) is 15.3 Å². The van der Waals surface area contributed by atoms with Crippen molar-refractivity contribution in [3.05, 3.63) is 48.4 Å². The van der Waals surface area contributed by atoms with Crippen molar-refractivity contribution in [2.24, 2.45) is 0 Å². The number of phenols is 1. The third-order valence-electron chi connectivity index (χ3n) is 3.24. The highest BCUT2D eigenvalue weighted by Gasteiger charge is 2.27. The summed E-state index contributed by atoms with van der Waals surface area (Å²) < 4.78 is 0. The molecule has 2 amide bonds. The second-order valence-corrected chi connectivity index (χ2v) is 5.07. The van der Waals surface area contributed by atoms with Crippen LogP contribution in [0.15, 0.2) is 30.5 Å². The Morgan fingerprint density at radius 3 is 2.59 bits per heavy atom. The summed E-state index contributed by atoms with van der Waals surface area (Å²) in [4.78, 5) is 19.9. The summed E-state index contributed by atoms with van der Waals surface area (Å²) in [6.45, 7) is 1.48. The molecule has 1 heterocycles. The SMILES string of the molecule is O=C(N[CH]c1ccc(O)cc1)Nc1cnc(C2CC2)nc1O. The van der Waals surface area contributed by atoms with Crippen LogP contribution in [0.3, 0.4) is 0 Å². The second-order valence-electron chi connectivity index (χ2n) is 5.07. The van der Waals surface area contributed by atoms with Gasteiger partial charge >= 0.3 is 6.03 Å². The molecule has 7 nitrogen and oxygen atoms in total. The number of urea groups is 1. The number of carbonyl (C=O) groups excluding carboxylic acids is 1. The van der Waals surface area contributed by atoms with Gasteiger partial charge in [0.15, 0.2) is 0 Å². The van der Waals surface area contributed by atoms with Crippen molar-refractivity contribution in [3.8, 4) is 11.6 Å². The van der Waals surface area contributed by atoms with Gasteiger partial charge < -0.3 is 20.8 Å². The van der Waals surface area contributed by atoms with Gasteiger partial charge in [0.1, 0.15) is 17.3 Å². The maximum Gasteiger partial charge on any atom is 0.320 e. The molecule has 0 bridgehead atoms. The Morgan fingerprint density at radius 1 is 1.23 bits per heavy atom. The van der Waals surface area contributed by atoms with Crippen molar-refractivity contribution in [3.63, 3.8) is 0 Å². The van der Waals surface area contributed by atoms with Crippen LogP contribution < -0.4 is 10.6 Å². The molecule has 1 radical (unpaired) electrons. The molecule has 1 aromatic carbocycles. The lowest BCUT2D eigenvalue weighted by molar-refractivity contribution is 0.254. The summed E-state index contributed by atoms with van der Waals surface area (Å²) in [7, 11) is 0.